The van der Waals surface area contributed by atoms with Crippen LogP contribution in [0.4, 0.5) is 24.7 Å². The lowest BCUT2D eigenvalue weighted by Crippen LogP contribution is -2.15. The van der Waals surface area contributed by atoms with Gasteiger partial charge in [-0.25, -0.2) is 0 Å². The van der Waals surface area contributed by atoms with Gasteiger partial charge in [0.1, 0.15) is 0 Å². The van der Waals surface area contributed by atoms with E-state index in [1.54, 1.807) is 0 Å². The molecule has 16 heavy (non-hydrogen) atoms. The van der Waals surface area contributed by atoms with Crippen molar-refractivity contribution in [3.05, 3.63) is 12.1 Å². The molecule has 0 saturated carbocycles. The van der Waals surface area contributed by atoms with Crippen molar-refractivity contribution in [3.8, 4) is 5.88 Å². The summed E-state index contributed by atoms with van der Waals surface area (Å²) in [7, 11) is 1.41. The molecule has 3 N–H and O–H groups in total. The Hall–Kier alpha value is -1.66. The molecular weight excluding hydrogens is 223 g/mol. The number of hydrogen-bond donors (Lipinski definition) is 2. The number of halogens is 3. The molecule has 0 unspecified atom stereocenters. The van der Waals surface area contributed by atoms with E-state index in [1.807, 2.05) is 0 Å². The normalized spacial score (nSPS) is 11.2. The van der Waals surface area contributed by atoms with E-state index < -0.39 is 12.6 Å². The maximum atomic E-state index is 11.9. The number of nitrogens with one attached hydrogen (secondary N) is 1. The average molecular weight is 235 g/mol. The van der Waals surface area contributed by atoms with Crippen LogP contribution in [0.15, 0.2) is 12.1 Å². The number of nitrogen functional groups attached to an aromatic ring is 1. The van der Waals surface area contributed by atoms with Gasteiger partial charge in [0.25, 0.3) is 0 Å². The van der Waals surface area contributed by atoms with Crippen molar-refractivity contribution in [2.45, 2.75) is 12.6 Å². The lowest BCUT2D eigenvalue weighted by Gasteiger charge is -2.10. The first-order valence-electron chi connectivity index (χ1n) is 4.53. The van der Waals surface area contributed by atoms with Crippen LogP contribution in [0.25, 0.3) is 0 Å². The molecule has 0 amide bonds. The van der Waals surface area contributed by atoms with Gasteiger partial charge in [0, 0.05) is 12.6 Å². The summed E-state index contributed by atoms with van der Waals surface area (Å²) in [5, 5.41) is 2.51. The molecule has 0 radical (unpaired) electrons. The van der Waals surface area contributed by atoms with E-state index in [-0.39, 0.29) is 18.1 Å². The Labute approximate surface area is 90.6 Å². The molecule has 0 aromatic carbocycles. The molecule has 0 aliphatic carbocycles. The van der Waals surface area contributed by atoms with Crippen molar-refractivity contribution in [3.63, 3.8) is 0 Å². The predicted octanol–water partition coefficient (Wildman–Crippen LogP) is 2.04. The van der Waals surface area contributed by atoms with Gasteiger partial charge < -0.3 is 15.8 Å². The largest absolute Gasteiger partial charge is 0.481 e. The Kier molecular flexibility index (Phi) is 3.81. The van der Waals surface area contributed by atoms with Crippen LogP contribution < -0.4 is 15.8 Å². The van der Waals surface area contributed by atoms with Crippen molar-refractivity contribution < 1.29 is 17.9 Å². The van der Waals surface area contributed by atoms with Crippen molar-refractivity contribution in [2.24, 2.45) is 0 Å². The summed E-state index contributed by atoms with van der Waals surface area (Å²) in [5.41, 5.74) is 5.81. The molecule has 1 heterocycles. The fraction of sp³-hybridized carbons (Fsp3) is 0.444. The van der Waals surface area contributed by atoms with Crippen LogP contribution in [0.2, 0.25) is 0 Å². The highest BCUT2D eigenvalue weighted by atomic mass is 19.4. The maximum absolute atomic E-state index is 11.9. The Balaban J connectivity index is 2.59. The topological polar surface area (TPSA) is 60.2 Å². The molecule has 0 saturated heterocycles. The van der Waals surface area contributed by atoms with Crippen LogP contribution in [-0.2, 0) is 0 Å². The van der Waals surface area contributed by atoms with Crippen molar-refractivity contribution in [1.29, 1.82) is 0 Å². The lowest BCUT2D eigenvalue weighted by atomic mass is 10.3. The number of nitrogens with zero attached hydrogens (tertiary/aromatic N) is 1. The highest BCUT2D eigenvalue weighted by molar-refractivity contribution is 5.61. The third kappa shape index (κ3) is 3.84. The Morgan fingerprint density at radius 2 is 2.12 bits per heavy atom. The minimum atomic E-state index is -4.19. The molecule has 0 atom stereocenters. The quantitative estimate of drug-likeness (QED) is 0.838. The van der Waals surface area contributed by atoms with E-state index in [4.69, 9.17) is 10.5 Å². The summed E-state index contributed by atoms with van der Waals surface area (Å²) < 4.78 is 40.5. The third-order valence-corrected chi connectivity index (χ3v) is 1.81. The second kappa shape index (κ2) is 4.91. The Morgan fingerprint density at radius 3 is 2.69 bits per heavy atom. The standard InChI is InChI=1S/C9H12F3N3O/c1-16-7-3-2-6(13)8(15-7)14-5-4-9(10,11)12/h2-3H,4-5,13H2,1H3,(H,14,15). The van der Waals surface area contributed by atoms with E-state index in [0.29, 0.717) is 5.88 Å². The van der Waals surface area contributed by atoms with Gasteiger partial charge in [-0.3, -0.25) is 0 Å². The molecule has 0 bridgehead atoms. The highest BCUT2D eigenvalue weighted by Crippen LogP contribution is 2.22. The lowest BCUT2D eigenvalue weighted by molar-refractivity contribution is -0.131. The van der Waals surface area contributed by atoms with E-state index in [9.17, 15) is 13.2 Å². The van der Waals surface area contributed by atoms with Crippen LogP contribution in [0.1, 0.15) is 6.42 Å². The molecule has 4 nitrogen and oxygen atoms in total. The molecule has 7 heteroatoms. The van der Waals surface area contributed by atoms with Gasteiger partial charge in [0.05, 0.1) is 19.2 Å². The van der Waals surface area contributed by atoms with Crippen LogP contribution in [0, 0.1) is 0 Å². The smallest absolute Gasteiger partial charge is 0.390 e. The molecule has 1 aromatic rings. The molecule has 1 rings (SSSR count). The molecule has 0 fully saturated rings. The summed E-state index contributed by atoms with van der Waals surface area (Å²) in [6.07, 6.45) is -5.13. The third-order valence-electron chi connectivity index (χ3n) is 1.81. The number of hydrogen-bond acceptors (Lipinski definition) is 4. The molecular formula is C9H12F3N3O. The van der Waals surface area contributed by atoms with Crippen LogP contribution in [-0.4, -0.2) is 24.8 Å². The van der Waals surface area contributed by atoms with Crippen molar-refractivity contribution >= 4 is 11.5 Å². The van der Waals surface area contributed by atoms with E-state index in [2.05, 4.69) is 10.3 Å². The maximum Gasteiger partial charge on any atom is 0.390 e. The molecule has 0 spiro atoms. The Bertz CT molecular complexity index is 354. The van der Waals surface area contributed by atoms with Crippen molar-refractivity contribution in [2.75, 3.05) is 24.7 Å². The summed E-state index contributed by atoms with van der Waals surface area (Å²) in [6, 6.07) is 3.05. The first kappa shape index (κ1) is 12.4. The summed E-state index contributed by atoms with van der Waals surface area (Å²) in [4.78, 5) is 3.88. The molecule has 0 aliphatic rings. The van der Waals surface area contributed by atoms with Gasteiger partial charge in [0.2, 0.25) is 5.88 Å². The van der Waals surface area contributed by atoms with Gasteiger partial charge in [-0.05, 0) is 6.07 Å². The number of pyridine rings is 1. The van der Waals surface area contributed by atoms with Crippen LogP contribution >= 0.6 is 0 Å². The number of rotatable bonds is 4. The second-order valence-electron chi connectivity index (χ2n) is 3.08. The first-order chi connectivity index (χ1) is 7.42. The van der Waals surface area contributed by atoms with Gasteiger partial charge >= 0.3 is 6.18 Å². The van der Waals surface area contributed by atoms with Gasteiger partial charge in [0.15, 0.2) is 5.82 Å². The molecule has 0 aliphatic heterocycles. The van der Waals surface area contributed by atoms with E-state index in [1.165, 1.54) is 19.2 Å². The highest BCUT2D eigenvalue weighted by Gasteiger charge is 2.26. The van der Waals surface area contributed by atoms with E-state index in [0.717, 1.165) is 0 Å². The van der Waals surface area contributed by atoms with Crippen molar-refractivity contribution in [1.82, 2.24) is 4.98 Å². The SMILES string of the molecule is COc1ccc(N)c(NCCC(F)(F)F)n1. The zero-order valence-electron chi connectivity index (χ0n) is 8.64. The van der Waals surface area contributed by atoms with E-state index >= 15 is 0 Å². The molecule has 1 aromatic heterocycles. The fourth-order valence-electron chi connectivity index (χ4n) is 1.03. The summed E-state index contributed by atoms with van der Waals surface area (Å²) >= 11 is 0. The van der Waals surface area contributed by atoms with Crippen LogP contribution in [0.5, 0.6) is 5.88 Å². The van der Waals surface area contributed by atoms with Gasteiger partial charge in [-0.2, -0.15) is 18.2 Å². The van der Waals surface area contributed by atoms with Crippen LogP contribution in [0.3, 0.4) is 0 Å². The average Bonchev–Trinajstić information content (AvgIpc) is 2.19. The Morgan fingerprint density at radius 1 is 1.44 bits per heavy atom. The number of methoxy groups -OCH3 is 1. The summed E-state index contributed by atoms with van der Waals surface area (Å²) in [6.45, 7) is -0.270. The fourth-order valence-corrected chi connectivity index (χ4v) is 1.03. The molecule has 90 valence electrons. The van der Waals surface area contributed by atoms with Gasteiger partial charge in [-0.1, -0.05) is 0 Å². The first-order valence-corrected chi connectivity index (χ1v) is 4.53. The number of aromatic nitrogens is 1. The minimum absolute atomic E-state index is 0.198. The number of nitrogens with two attached hydrogens (primary N) is 1. The monoisotopic (exact) mass is 235 g/mol. The zero-order chi connectivity index (χ0) is 12.2. The number of ether oxygens (including phenoxy) is 1. The minimum Gasteiger partial charge on any atom is -0.481 e. The number of alkyl halides is 3. The second-order valence-corrected chi connectivity index (χ2v) is 3.08. The number of anilines is 2. The zero-order valence-corrected chi connectivity index (χ0v) is 8.64. The summed E-state index contributed by atoms with van der Waals surface area (Å²) in [5.74, 6) is 0.493. The van der Waals surface area contributed by atoms with Gasteiger partial charge in [-0.15, -0.1) is 0 Å². The predicted molar refractivity (Wildman–Crippen MR) is 54.4 cm³/mol.